The van der Waals surface area contributed by atoms with Crippen molar-refractivity contribution in [1.82, 2.24) is 14.5 Å². The first-order valence-corrected chi connectivity index (χ1v) is 12.5. The van der Waals surface area contributed by atoms with Gasteiger partial charge in [-0.1, -0.05) is 35.9 Å². The number of rotatable bonds is 4. The number of halogens is 2. The van der Waals surface area contributed by atoms with Crippen LogP contribution in [0.5, 0.6) is 0 Å². The van der Waals surface area contributed by atoms with Crippen LogP contribution < -0.4 is 16.6 Å². The Morgan fingerprint density at radius 2 is 1.92 bits per heavy atom. The van der Waals surface area contributed by atoms with Gasteiger partial charge in [0.2, 0.25) is 0 Å². The first-order chi connectivity index (χ1) is 17.9. The van der Waals surface area contributed by atoms with E-state index in [-0.39, 0.29) is 22.1 Å². The molecule has 0 bridgehead atoms. The SMILES string of the molecule is Cc1cccc(Cl)c1-n1cnc(N)c(C(=O)Nc2cccc([C@@H]3CCCN3C(=O)OC(C)(C)C)c2F)c1=O. The van der Waals surface area contributed by atoms with E-state index in [1.807, 2.05) is 0 Å². The van der Waals surface area contributed by atoms with Crippen LogP contribution in [-0.2, 0) is 4.74 Å². The molecule has 2 heterocycles. The number of nitrogen functional groups attached to an aromatic ring is 1. The van der Waals surface area contributed by atoms with Crippen molar-refractivity contribution in [2.45, 2.75) is 52.2 Å². The maximum absolute atomic E-state index is 15.7. The molecular formula is C27H29ClFN5O4. The average Bonchev–Trinajstić information content (AvgIpc) is 3.30. The van der Waals surface area contributed by atoms with Crippen LogP contribution in [0.15, 0.2) is 47.5 Å². The van der Waals surface area contributed by atoms with Gasteiger partial charge in [0.15, 0.2) is 5.82 Å². The number of para-hydroxylation sites is 1. The van der Waals surface area contributed by atoms with E-state index in [4.69, 9.17) is 22.1 Å². The fourth-order valence-corrected chi connectivity index (χ4v) is 4.80. The molecule has 2 amide bonds. The third kappa shape index (κ3) is 5.35. The molecule has 1 atom stereocenters. The Hall–Kier alpha value is -3.92. The molecule has 0 aliphatic carbocycles. The maximum Gasteiger partial charge on any atom is 0.410 e. The zero-order chi connectivity index (χ0) is 27.8. The summed E-state index contributed by atoms with van der Waals surface area (Å²) >= 11 is 6.30. The predicted molar refractivity (Wildman–Crippen MR) is 143 cm³/mol. The van der Waals surface area contributed by atoms with E-state index in [1.165, 1.54) is 17.3 Å². The lowest BCUT2D eigenvalue weighted by molar-refractivity contribution is 0.0222. The second-order valence-corrected chi connectivity index (χ2v) is 10.5. The number of aromatic nitrogens is 2. The lowest BCUT2D eigenvalue weighted by Gasteiger charge is -2.29. The standard InChI is InChI=1S/C27H29ClFN5O4/c1-15-8-5-10-17(28)22(15)34-14-31-23(30)20(25(34)36)24(35)32-18-11-6-9-16(21(18)29)19-12-7-13-33(19)26(37)38-27(2,3)4/h5-6,8-11,14,19H,7,12-13,30H2,1-4H3,(H,32,35)/t19-/m0/s1. The lowest BCUT2D eigenvalue weighted by Crippen LogP contribution is -2.36. The number of amides is 2. The Morgan fingerprint density at radius 1 is 1.21 bits per heavy atom. The molecule has 200 valence electrons. The van der Waals surface area contributed by atoms with Gasteiger partial charge in [-0.05, 0) is 58.2 Å². The summed E-state index contributed by atoms with van der Waals surface area (Å²) in [6.07, 6.45) is 1.86. The number of likely N-dealkylation sites (tertiary alicyclic amines) is 1. The fourth-order valence-electron chi connectivity index (χ4n) is 4.49. The van der Waals surface area contributed by atoms with Crippen LogP contribution in [-0.4, -0.2) is 38.6 Å². The van der Waals surface area contributed by atoms with E-state index in [0.29, 0.717) is 30.6 Å². The van der Waals surface area contributed by atoms with E-state index in [0.717, 1.165) is 4.57 Å². The predicted octanol–water partition coefficient (Wildman–Crippen LogP) is 5.24. The maximum atomic E-state index is 15.7. The molecule has 3 N–H and O–H groups in total. The fraction of sp³-hybridized carbons (Fsp3) is 0.333. The molecule has 0 unspecified atom stereocenters. The molecule has 1 aliphatic rings. The van der Waals surface area contributed by atoms with Gasteiger partial charge in [0.25, 0.3) is 11.5 Å². The second-order valence-electron chi connectivity index (χ2n) is 10.1. The third-order valence-electron chi connectivity index (χ3n) is 6.17. The van der Waals surface area contributed by atoms with Gasteiger partial charge in [-0.25, -0.2) is 14.2 Å². The smallest absolute Gasteiger partial charge is 0.410 e. The molecule has 3 aromatic rings. The summed E-state index contributed by atoms with van der Waals surface area (Å²) in [6, 6.07) is 9.03. The van der Waals surface area contributed by atoms with Crippen LogP contribution in [0.2, 0.25) is 5.02 Å². The van der Waals surface area contributed by atoms with Gasteiger partial charge in [0.05, 0.1) is 22.4 Å². The number of nitrogens with one attached hydrogen (secondary N) is 1. The van der Waals surface area contributed by atoms with Crippen molar-refractivity contribution in [3.05, 3.63) is 80.6 Å². The van der Waals surface area contributed by atoms with Crippen LogP contribution in [0.1, 0.15) is 61.1 Å². The number of benzene rings is 2. The molecule has 2 aromatic carbocycles. The van der Waals surface area contributed by atoms with E-state index in [1.54, 1.807) is 58.0 Å². The normalized spacial score (nSPS) is 15.4. The molecule has 1 saturated heterocycles. The Balaban J connectivity index is 1.66. The Labute approximate surface area is 224 Å². The molecule has 38 heavy (non-hydrogen) atoms. The van der Waals surface area contributed by atoms with Crippen LogP contribution in [0.4, 0.5) is 20.7 Å². The number of carbonyl (C=O) groups is 2. The Kier molecular flexibility index (Phi) is 7.46. The minimum absolute atomic E-state index is 0.160. The van der Waals surface area contributed by atoms with Crippen LogP contribution in [0, 0.1) is 12.7 Å². The van der Waals surface area contributed by atoms with Crippen molar-refractivity contribution in [3.8, 4) is 5.69 Å². The van der Waals surface area contributed by atoms with Crippen LogP contribution >= 0.6 is 11.6 Å². The molecular weight excluding hydrogens is 513 g/mol. The van der Waals surface area contributed by atoms with Crippen molar-refractivity contribution in [1.29, 1.82) is 0 Å². The molecule has 4 rings (SSSR count). The van der Waals surface area contributed by atoms with E-state index in [2.05, 4.69) is 10.3 Å². The minimum Gasteiger partial charge on any atom is -0.444 e. The van der Waals surface area contributed by atoms with Gasteiger partial charge in [-0.2, -0.15) is 0 Å². The largest absolute Gasteiger partial charge is 0.444 e. The summed E-state index contributed by atoms with van der Waals surface area (Å²) in [5.74, 6) is -1.95. The monoisotopic (exact) mass is 541 g/mol. The van der Waals surface area contributed by atoms with Crippen LogP contribution in [0.25, 0.3) is 5.69 Å². The first kappa shape index (κ1) is 27.1. The summed E-state index contributed by atoms with van der Waals surface area (Å²) < 4.78 is 22.3. The summed E-state index contributed by atoms with van der Waals surface area (Å²) in [7, 11) is 0. The zero-order valence-corrected chi connectivity index (χ0v) is 22.3. The number of hydrogen-bond acceptors (Lipinski definition) is 6. The Morgan fingerprint density at radius 3 is 2.61 bits per heavy atom. The molecule has 1 aliphatic heterocycles. The highest BCUT2D eigenvalue weighted by Crippen LogP contribution is 2.36. The van der Waals surface area contributed by atoms with Crippen molar-refractivity contribution in [2.24, 2.45) is 0 Å². The molecule has 0 spiro atoms. The lowest BCUT2D eigenvalue weighted by atomic mass is 10.0. The quantitative estimate of drug-likeness (QED) is 0.466. The number of anilines is 2. The number of nitrogens with zero attached hydrogens (tertiary/aromatic N) is 3. The average molecular weight is 542 g/mol. The van der Waals surface area contributed by atoms with Crippen molar-refractivity contribution < 1.29 is 18.7 Å². The van der Waals surface area contributed by atoms with Crippen molar-refractivity contribution >= 4 is 35.1 Å². The second kappa shape index (κ2) is 10.4. The summed E-state index contributed by atoms with van der Waals surface area (Å²) in [5, 5.41) is 2.73. The molecule has 11 heteroatoms. The van der Waals surface area contributed by atoms with Crippen molar-refractivity contribution in [3.63, 3.8) is 0 Å². The van der Waals surface area contributed by atoms with E-state index in [9.17, 15) is 14.4 Å². The number of hydrogen-bond donors (Lipinski definition) is 2. The molecule has 0 radical (unpaired) electrons. The molecule has 1 fully saturated rings. The van der Waals surface area contributed by atoms with Gasteiger partial charge >= 0.3 is 6.09 Å². The highest BCUT2D eigenvalue weighted by Gasteiger charge is 2.35. The highest BCUT2D eigenvalue weighted by molar-refractivity contribution is 6.32. The van der Waals surface area contributed by atoms with Gasteiger partial charge < -0.3 is 20.7 Å². The van der Waals surface area contributed by atoms with E-state index >= 15 is 4.39 Å². The zero-order valence-electron chi connectivity index (χ0n) is 21.5. The molecule has 9 nitrogen and oxygen atoms in total. The van der Waals surface area contributed by atoms with Gasteiger partial charge in [-0.3, -0.25) is 14.2 Å². The summed E-state index contributed by atoms with van der Waals surface area (Å²) in [6.45, 7) is 7.46. The molecule has 0 saturated carbocycles. The van der Waals surface area contributed by atoms with Gasteiger partial charge in [0.1, 0.15) is 23.3 Å². The number of aryl methyl sites for hydroxylation is 1. The van der Waals surface area contributed by atoms with Crippen LogP contribution in [0.3, 0.4) is 0 Å². The highest BCUT2D eigenvalue weighted by atomic mass is 35.5. The Bertz CT molecular complexity index is 1450. The van der Waals surface area contributed by atoms with Gasteiger partial charge in [-0.15, -0.1) is 0 Å². The first-order valence-electron chi connectivity index (χ1n) is 12.1. The summed E-state index contributed by atoms with van der Waals surface area (Å²) in [5.41, 5.74) is 5.11. The minimum atomic E-state index is -0.925. The van der Waals surface area contributed by atoms with Gasteiger partial charge in [0, 0.05) is 12.1 Å². The number of ether oxygens (including phenoxy) is 1. The molecule has 1 aromatic heterocycles. The number of carbonyl (C=O) groups excluding carboxylic acids is 2. The number of nitrogens with two attached hydrogens (primary N) is 1. The summed E-state index contributed by atoms with van der Waals surface area (Å²) in [4.78, 5) is 44.7. The van der Waals surface area contributed by atoms with E-state index < -0.39 is 40.6 Å². The third-order valence-corrected chi connectivity index (χ3v) is 6.48. The topological polar surface area (TPSA) is 120 Å². The van der Waals surface area contributed by atoms with Crippen molar-refractivity contribution in [2.75, 3.05) is 17.6 Å².